The molecule has 3 atom stereocenters. The molecule has 0 saturated carbocycles. The molecule has 0 saturated heterocycles. The molecule has 0 spiro atoms. The Morgan fingerprint density at radius 3 is 2.80 bits per heavy atom. The lowest BCUT2D eigenvalue weighted by molar-refractivity contribution is 0.231. The van der Waals surface area contributed by atoms with Crippen LogP contribution in [0.1, 0.15) is 18.7 Å². The Kier molecular flexibility index (Phi) is 8.02. The molecule has 3 unspecified atom stereocenters. The summed E-state index contributed by atoms with van der Waals surface area (Å²) in [6, 6.07) is 3.95. The van der Waals surface area contributed by atoms with Crippen molar-refractivity contribution in [3.63, 3.8) is 0 Å². The molecule has 2 amide bonds. The molecule has 20 heavy (non-hydrogen) atoms. The average Bonchev–Trinajstić information content (AvgIpc) is 2.90. The quantitative estimate of drug-likeness (QED) is 0.690. The van der Waals surface area contributed by atoms with E-state index in [4.69, 9.17) is 0 Å². The van der Waals surface area contributed by atoms with E-state index in [2.05, 4.69) is 29.0 Å². The molecule has 114 valence electrons. The van der Waals surface area contributed by atoms with Crippen molar-refractivity contribution in [3.8, 4) is 0 Å². The third-order valence-electron chi connectivity index (χ3n) is 3.14. The molecule has 0 aliphatic heterocycles. The summed E-state index contributed by atoms with van der Waals surface area (Å²) < 4.78 is 0. The van der Waals surface area contributed by atoms with Crippen molar-refractivity contribution in [2.45, 2.75) is 31.6 Å². The lowest BCUT2D eigenvalue weighted by atomic mass is 10.1. The van der Waals surface area contributed by atoms with E-state index in [-0.39, 0.29) is 23.9 Å². The number of aliphatic hydroxyl groups is 1. The Bertz CT molecular complexity index is 381. The molecule has 0 bridgehead atoms. The van der Waals surface area contributed by atoms with Crippen LogP contribution in [0.2, 0.25) is 0 Å². The largest absolute Gasteiger partial charge is 0.395 e. The Morgan fingerprint density at radius 1 is 1.50 bits per heavy atom. The van der Waals surface area contributed by atoms with E-state index in [0.29, 0.717) is 12.5 Å². The first-order chi connectivity index (χ1) is 9.56. The van der Waals surface area contributed by atoms with E-state index < -0.39 is 0 Å². The molecule has 6 heteroatoms. The van der Waals surface area contributed by atoms with Crippen molar-refractivity contribution in [2.75, 3.05) is 19.4 Å². The fourth-order valence-corrected chi connectivity index (χ4v) is 3.39. The van der Waals surface area contributed by atoms with Gasteiger partial charge >= 0.3 is 6.03 Å². The van der Waals surface area contributed by atoms with Gasteiger partial charge in [-0.05, 0) is 37.0 Å². The van der Waals surface area contributed by atoms with Crippen LogP contribution >= 0.6 is 23.1 Å². The van der Waals surface area contributed by atoms with Gasteiger partial charge in [-0.15, -0.1) is 11.3 Å². The minimum absolute atomic E-state index is 0.0318. The summed E-state index contributed by atoms with van der Waals surface area (Å²) in [5.41, 5.74) is 0. The Hall–Kier alpha value is -0.720. The van der Waals surface area contributed by atoms with Crippen LogP contribution in [-0.4, -0.2) is 41.8 Å². The third kappa shape index (κ3) is 6.15. The van der Waals surface area contributed by atoms with Crippen molar-refractivity contribution < 1.29 is 9.90 Å². The maximum atomic E-state index is 11.8. The highest BCUT2D eigenvalue weighted by Gasteiger charge is 2.17. The Morgan fingerprint density at radius 2 is 2.25 bits per heavy atom. The first kappa shape index (κ1) is 17.3. The molecule has 1 aromatic rings. The molecule has 1 aromatic heterocycles. The first-order valence-electron chi connectivity index (χ1n) is 6.77. The number of carbonyl (C=O) groups excluding carboxylic acids is 1. The topological polar surface area (TPSA) is 61.4 Å². The number of nitrogens with one attached hydrogen (secondary N) is 2. The fraction of sp³-hybridized carbons (Fsp3) is 0.643. The molecule has 0 aliphatic carbocycles. The number of urea groups is 1. The number of carbonyl (C=O) groups is 1. The van der Waals surface area contributed by atoms with Crippen molar-refractivity contribution in [3.05, 3.63) is 22.4 Å². The zero-order chi connectivity index (χ0) is 15.0. The van der Waals surface area contributed by atoms with Crippen LogP contribution in [0.5, 0.6) is 0 Å². The van der Waals surface area contributed by atoms with Gasteiger partial charge in [0, 0.05) is 22.7 Å². The molecule has 0 radical (unpaired) electrons. The second-order valence-electron chi connectivity index (χ2n) is 4.99. The molecular weight excluding hydrogens is 292 g/mol. The number of aliphatic hydroxyl groups excluding tert-OH is 1. The zero-order valence-corrected chi connectivity index (χ0v) is 13.9. The summed E-state index contributed by atoms with van der Waals surface area (Å²) in [6.45, 7) is 4.75. The van der Waals surface area contributed by atoms with Crippen LogP contribution in [-0.2, 0) is 6.42 Å². The predicted octanol–water partition coefficient (Wildman–Crippen LogP) is 2.34. The van der Waals surface area contributed by atoms with Gasteiger partial charge in [0.15, 0.2) is 0 Å². The zero-order valence-electron chi connectivity index (χ0n) is 12.3. The van der Waals surface area contributed by atoms with E-state index in [1.807, 2.05) is 19.2 Å². The van der Waals surface area contributed by atoms with E-state index in [1.54, 1.807) is 23.1 Å². The summed E-state index contributed by atoms with van der Waals surface area (Å²) in [7, 11) is 0. The number of hydrogen-bond acceptors (Lipinski definition) is 4. The molecule has 1 rings (SSSR count). The molecule has 0 fully saturated rings. The van der Waals surface area contributed by atoms with Crippen LogP contribution in [0.4, 0.5) is 4.79 Å². The van der Waals surface area contributed by atoms with Gasteiger partial charge < -0.3 is 15.7 Å². The maximum absolute atomic E-state index is 11.8. The van der Waals surface area contributed by atoms with Crippen molar-refractivity contribution in [1.82, 2.24) is 10.6 Å². The van der Waals surface area contributed by atoms with Crippen LogP contribution in [0.15, 0.2) is 17.5 Å². The summed E-state index contributed by atoms with van der Waals surface area (Å²) in [6.07, 6.45) is 2.91. The summed E-state index contributed by atoms with van der Waals surface area (Å²) in [4.78, 5) is 13.1. The molecular formula is C14H24N2O2S2. The van der Waals surface area contributed by atoms with Gasteiger partial charge in [0.25, 0.3) is 0 Å². The van der Waals surface area contributed by atoms with Gasteiger partial charge in [0.2, 0.25) is 0 Å². The van der Waals surface area contributed by atoms with E-state index in [1.165, 1.54) is 4.88 Å². The number of hydrogen-bond donors (Lipinski definition) is 3. The van der Waals surface area contributed by atoms with Gasteiger partial charge in [0.05, 0.1) is 6.61 Å². The molecule has 3 N–H and O–H groups in total. The monoisotopic (exact) mass is 316 g/mol. The normalized spacial score (nSPS) is 15.4. The van der Waals surface area contributed by atoms with Crippen molar-refractivity contribution >= 4 is 29.1 Å². The number of rotatable bonds is 8. The highest BCUT2D eigenvalue weighted by Crippen LogP contribution is 2.14. The van der Waals surface area contributed by atoms with E-state index in [0.717, 1.165) is 6.42 Å². The number of thioether (sulfide) groups is 1. The van der Waals surface area contributed by atoms with E-state index >= 15 is 0 Å². The van der Waals surface area contributed by atoms with Gasteiger partial charge in [-0.3, -0.25) is 0 Å². The Balaban J connectivity index is 2.25. The minimum Gasteiger partial charge on any atom is -0.395 e. The van der Waals surface area contributed by atoms with Gasteiger partial charge in [-0.1, -0.05) is 13.0 Å². The van der Waals surface area contributed by atoms with Gasteiger partial charge in [-0.2, -0.15) is 11.8 Å². The predicted molar refractivity (Wildman–Crippen MR) is 87.6 cm³/mol. The molecule has 1 heterocycles. The lowest BCUT2D eigenvalue weighted by Gasteiger charge is -2.22. The van der Waals surface area contributed by atoms with Gasteiger partial charge in [-0.25, -0.2) is 4.79 Å². The van der Waals surface area contributed by atoms with Crippen LogP contribution in [0.25, 0.3) is 0 Å². The first-order valence-corrected chi connectivity index (χ1v) is 8.94. The second kappa shape index (κ2) is 9.26. The third-order valence-corrected chi connectivity index (χ3v) is 5.20. The van der Waals surface area contributed by atoms with Crippen LogP contribution < -0.4 is 10.6 Å². The number of thiophene rings is 1. The fourth-order valence-electron chi connectivity index (χ4n) is 1.90. The van der Waals surface area contributed by atoms with Crippen LogP contribution in [0, 0.1) is 5.92 Å². The smallest absolute Gasteiger partial charge is 0.315 e. The Labute approximate surface area is 129 Å². The highest BCUT2D eigenvalue weighted by atomic mass is 32.2. The molecule has 0 aromatic carbocycles. The van der Waals surface area contributed by atoms with Gasteiger partial charge in [0.1, 0.15) is 0 Å². The van der Waals surface area contributed by atoms with Crippen molar-refractivity contribution in [1.29, 1.82) is 0 Å². The second-order valence-corrected chi connectivity index (χ2v) is 7.10. The SMILES string of the molecule is CSC(CO)C(C)NC(=O)NCC(C)Cc1cccs1. The molecule has 0 aliphatic rings. The summed E-state index contributed by atoms with van der Waals surface area (Å²) in [5.74, 6) is 0.406. The lowest BCUT2D eigenvalue weighted by Crippen LogP contribution is -2.47. The number of amides is 2. The standard InChI is InChI=1S/C14H24N2O2S2/c1-10(7-12-5-4-6-20-12)8-15-14(18)16-11(2)13(9-17)19-3/h4-6,10-11,13,17H,7-9H2,1-3H3,(H2,15,16,18). The van der Waals surface area contributed by atoms with Crippen molar-refractivity contribution in [2.24, 2.45) is 5.92 Å². The molecule has 4 nitrogen and oxygen atoms in total. The van der Waals surface area contributed by atoms with E-state index in [9.17, 15) is 9.90 Å². The highest BCUT2D eigenvalue weighted by molar-refractivity contribution is 7.99. The average molecular weight is 316 g/mol. The van der Waals surface area contributed by atoms with Crippen LogP contribution in [0.3, 0.4) is 0 Å². The minimum atomic E-state index is -0.164. The maximum Gasteiger partial charge on any atom is 0.315 e. The summed E-state index contributed by atoms with van der Waals surface area (Å²) in [5, 5.41) is 17.0. The summed E-state index contributed by atoms with van der Waals surface area (Å²) >= 11 is 3.30.